The highest BCUT2D eigenvalue weighted by Crippen LogP contribution is 2.60. The lowest BCUT2D eigenvalue weighted by atomic mass is 9.47. The van der Waals surface area contributed by atoms with E-state index in [0.717, 1.165) is 17.7 Å². The molecule has 0 amide bonds. The molecule has 5 unspecified atom stereocenters. The Labute approximate surface area is 263 Å². The largest absolute Gasteiger partial charge is 0.481 e. The molecule has 240 valence electrons. The Balaban J connectivity index is 1.61. The average molecular weight is 618 g/mol. The monoisotopic (exact) mass is 617 g/mol. The minimum absolute atomic E-state index is 0.131. The number of nitro benzene ring substituents is 1. The fourth-order valence-corrected chi connectivity index (χ4v) is 7.31. The number of benzene rings is 2. The van der Waals surface area contributed by atoms with Crippen molar-refractivity contribution in [1.82, 2.24) is 19.8 Å². The molecule has 4 rings (SSSR count). The maximum absolute atomic E-state index is 13.5. The van der Waals surface area contributed by atoms with Crippen LogP contribution in [-0.4, -0.2) is 73.7 Å². The molecule has 1 aromatic heterocycles. The van der Waals surface area contributed by atoms with E-state index in [-0.39, 0.29) is 12.1 Å². The quantitative estimate of drug-likeness (QED) is 0.175. The maximum Gasteiger partial charge on any atom is 0.312 e. The van der Waals surface area contributed by atoms with Gasteiger partial charge in [-0.1, -0.05) is 62.4 Å². The second kappa shape index (κ2) is 13.7. The Morgan fingerprint density at radius 1 is 1.13 bits per heavy atom. The molecule has 0 radical (unpaired) electrons. The van der Waals surface area contributed by atoms with E-state index < -0.39 is 51.6 Å². The molecule has 1 fully saturated rings. The normalized spacial score (nSPS) is 25.2. The van der Waals surface area contributed by atoms with Crippen LogP contribution in [0.1, 0.15) is 56.7 Å². The first-order valence-electron chi connectivity index (χ1n) is 15.2. The lowest BCUT2D eigenvalue weighted by molar-refractivity contribution is -0.385. The van der Waals surface area contributed by atoms with Gasteiger partial charge in [0.05, 0.1) is 22.1 Å². The molecule has 0 spiro atoms. The molecule has 1 aliphatic rings. The van der Waals surface area contributed by atoms with E-state index in [1.54, 1.807) is 46.3 Å². The minimum Gasteiger partial charge on any atom is -0.481 e. The zero-order valence-electron chi connectivity index (χ0n) is 26.5. The number of piperidine rings is 1. The number of rotatable bonds is 13. The molecule has 45 heavy (non-hydrogen) atoms. The lowest BCUT2D eigenvalue weighted by Crippen LogP contribution is -2.71. The second-order valence-corrected chi connectivity index (χ2v) is 12.5. The Morgan fingerprint density at radius 3 is 2.42 bits per heavy atom. The van der Waals surface area contributed by atoms with Gasteiger partial charge >= 0.3 is 11.9 Å². The summed E-state index contributed by atoms with van der Waals surface area (Å²) in [6.07, 6.45) is 9.59. The first-order valence-corrected chi connectivity index (χ1v) is 15.2. The van der Waals surface area contributed by atoms with Crippen molar-refractivity contribution in [2.24, 2.45) is 16.7 Å². The molecule has 1 aliphatic heterocycles. The van der Waals surface area contributed by atoms with Crippen molar-refractivity contribution in [3.05, 3.63) is 100 Å². The number of imidazole rings is 1. The molecule has 0 bridgehead atoms. The predicted molar refractivity (Wildman–Crippen MR) is 172 cm³/mol. The number of carbonyl (C=O) groups is 2. The summed E-state index contributed by atoms with van der Waals surface area (Å²) in [7, 11) is 1.90. The Hall–Kier alpha value is -4.35. The molecule has 2 aromatic carbocycles. The van der Waals surface area contributed by atoms with Crippen molar-refractivity contribution in [3.8, 4) is 0 Å². The number of aliphatic carboxylic acids is 2. The summed E-state index contributed by atoms with van der Waals surface area (Å²) in [4.78, 5) is 44.0. The molecule has 5 atom stereocenters. The van der Waals surface area contributed by atoms with Gasteiger partial charge < -0.3 is 25.0 Å². The van der Waals surface area contributed by atoms with E-state index in [1.807, 2.05) is 47.0 Å². The first-order chi connectivity index (χ1) is 21.3. The van der Waals surface area contributed by atoms with Gasteiger partial charge in [-0.25, -0.2) is 4.98 Å². The predicted octanol–water partition coefficient (Wildman–Crippen LogP) is 5.14. The van der Waals surface area contributed by atoms with Crippen LogP contribution in [0.3, 0.4) is 0 Å². The van der Waals surface area contributed by atoms with Crippen molar-refractivity contribution < 1.29 is 24.7 Å². The third-order valence-electron chi connectivity index (χ3n) is 9.66. The van der Waals surface area contributed by atoms with Crippen molar-refractivity contribution in [2.75, 3.05) is 20.1 Å². The summed E-state index contributed by atoms with van der Waals surface area (Å²) in [5, 5.41) is 36.9. The van der Waals surface area contributed by atoms with Crippen molar-refractivity contribution >= 4 is 23.7 Å². The van der Waals surface area contributed by atoms with E-state index in [1.165, 1.54) is 18.2 Å². The summed E-state index contributed by atoms with van der Waals surface area (Å²) in [6, 6.07) is 12.8. The van der Waals surface area contributed by atoms with E-state index >= 15 is 0 Å². The SMILES string of the molecule is CC1NC(C)C(C(=O)O)(C(C)C)C(c2cccc([N+](=O)[O-])c2)C1(CCN(C)C/C=C/c1ccc(Cn2ccnc2)cc1)C(=O)O. The summed E-state index contributed by atoms with van der Waals surface area (Å²) in [5.41, 5.74) is -0.793. The number of aromatic nitrogens is 2. The van der Waals surface area contributed by atoms with Crippen LogP contribution in [0, 0.1) is 26.9 Å². The van der Waals surface area contributed by atoms with Gasteiger partial charge in [-0.05, 0) is 56.5 Å². The lowest BCUT2D eigenvalue weighted by Gasteiger charge is -2.59. The molecular formula is C34H43N5O6. The number of carboxylic acid groups (broad SMARTS) is 2. The number of non-ortho nitro benzene ring substituents is 1. The van der Waals surface area contributed by atoms with E-state index in [4.69, 9.17) is 0 Å². The molecule has 2 heterocycles. The summed E-state index contributed by atoms with van der Waals surface area (Å²) >= 11 is 0. The highest BCUT2D eigenvalue weighted by Gasteiger charge is 2.67. The maximum atomic E-state index is 13.5. The van der Waals surface area contributed by atoms with Gasteiger partial charge in [0.1, 0.15) is 0 Å². The number of carboxylic acids is 2. The smallest absolute Gasteiger partial charge is 0.312 e. The standard InChI is InChI=1S/C34H43N5O6/c1-23(2)34(32(42)43)25(4)36-24(3)33(31(40)41,30(34)28-9-6-10-29(20-28)39(44)45)15-18-37(5)17-7-8-26-11-13-27(14-12-26)21-38-19-16-35-22-38/h6-14,16,19-20,22-25,30,36H,15,17-18,21H2,1-5H3,(H,40,41)(H,42,43)/b8-7+. The van der Waals surface area contributed by atoms with Gasteiger partial charge in [-0.3, -0.25) is 19.7 Å². The average Bonchev–Trinajstić information content (AvgIpc) is 3.50. The van der Waals surface area contributed by atoms with Crippen LogP contribution >= 0.6 is 0 Å². The first kappa shape index (κ1) is 33.5. The third-order valence-corrected chi connectivity index (χ3v) is 9.66. The zero-order valence-corrected chi connectivity index (χ0v) is 26.5. The third kappa shape index (κ3) is 6.55. The highest BCUT2D eigenvalue weighted by molar-refractivity contribution is 5.84. The van der Waals surface area contributed by atoms with Crippen LogP contribution in [0.25, 0.3) is 6.08 Å². The second-order valence-electron chi connectivity index (χ2n) is 12.5. The van der Waals surface area contributed by atoms with E-state index in [0.29, 0.717) is 18.7 Å². The van der Waals surface area contributed by atoms with Crippen LogP contribution in [0.5, 0.6) is 0 Å². The van der Waals surface area contributed by atoms with Crippen molar-refractivity contribution in [1.29, 1.82) is 0 Å². The molecular weight excluding hydrogens is 574 g/mol. The Morgan fingerprint density at radius 2 is 1.84 bits per heavy atom. The number of nitrogens with zero attached hydrogens (tertiary/aromatic N) is 4. The van der Waals surface area contributed by atoms with Crippen LogP contribution in [0.4, 0.5) is 5.69 Å². The van der Waals surface area contributed by atoms with Gasteiger partial charge in [0.15, 0.2) is 0 Å². The topological polar surface area (TPSA) is 151 Å². The molecule has 0 saturated carbocycles. The van der Waals surface area contributed by atoms with Gasteiger partial charge in [-0.15, -0.1) is 0 Å². The van der Waals surface area contributed by atoms with E-state index in [9.17, 15) is 29.9 Å². The fraction of sp³-hybridized carbons (Fsp3) is 0.441. The van der Waals surface area contributed by atoms with Gasteiger partial charge in [-0.2, -0.15) is 0 Å². The molecule has 0 aliphatic carbocycles. The van der Waals surface area contributed by atoms with Crippen molar-refractivity contribution in [3.63, 3.8) is 0 Å². The minimum atomic E-state index is -1.58. The molecule has 3 N–H and O–H groups in total. The molecule has 3 aromatic rings. The number of hydrogen-bond donors (Lipinski definition) is 3. The van der Waals surface area contributed by atoms with Gasteiger partial charge in [0.2, 0.25) is 0 Å². The summed E-state index contributed by atoms with van der Waals surface area (Å²) in [5.74, 6) is -3.79. The number of likely N-dealkylation sites (N-methyl/N-ethyl adjacent to an activating group) is 1. The van der Waals surface area contributed by atoms with Crippen LogP contribution in [0.15, 0.2) is 73.3 Å². The number of hydrogen-bond acceptors (Lipinski definition) is 7. The molecule has 11 nitrogen and oxygen atoms in total. The van der Waals surface area contributed by atoms with Gasteiger partial charge in [0, 0.05) is 55.6 Å². The summed E-state index contributed by atoms with van der Waals surface area (Å²) < 4.78 is 2.00. The Kier molecular flexibility index (Phi) is 10.2. The highest BCUT2D eigenvalue weighted by atomic mass is 16.6. The zero-order chi connectivity index (χ0) is 32.9. The van der Waals surface area contributed by atoms with Crippen LogP contribution < -0.4 is 5.32 Å². The molecule has 11 heteroatoms. The van der Waals surface area contributed by atoms with Crippen LogP contribution in [-0.2, 0) is 16.1 Å². The van der Waals surface area contributed by atoms with Crippen LogP contribution in [0.2, 0.25) is 0 Å². The molecule has 1 saturated heterocycles. The van der Waals surface area contributed by atoms with Gasteiger partial charge in [0.25, 0.3) is 5.69 Å². The van der Waals surface area contributed by atoms with Crippen molar-refractivity contribution in [2.45, 2.75) is 58.7 Å². The number of nitrogens with one attached hydrogen (secondary N) is 1. The summed E-state index contributed by atoms with van der Waals surface area (Å²) in [6.45, 7) is 8.74. The fourth-order valence-electron chi connectivity index (χ4n) is 7.31. The number of nitro groups is 1. The van der Waals surface area contributed by atoms with E-state index in [2.05, 4.69) is 22.4 Å². The Bertz CT molecular complexity index is 1520.